The maximum absolute atomic E-state index is 13.5. The quantitative estimate of drug-likeness (QED) is 0.295. The van der Waals surface area contributed by atoms with Crippen molar-refractivity contribution in [2.45, 2.75) is 56.8 Å². The standard InChI is InChI=1S/C30H31F3N2O5/c31-30(32,33)40-25-11-6-10-24(17-25)39-29(38)35(19-22-9-4-5-12-26(22)27(18-34)28(36)37)23-15-13-21(14-16-23)20-7-2-1-3-8-20/h4-6,9-17,20,27H,1-3,7-8,18-19,34H2,(H,36,37). The molecule has 0 radical (unpaired) electrons. The Bertz CT molecular complexity index is 1310. The number of ether oxygens (including phenoxy) is 2. The van der Waals surface area contributed by atoms with Crippen LogP contribution in [-0.4, -0.2) is 30.1 Å². The summed E-state index contributed by atoms with van der Waals surface area (Å²) in [5, 5.41) is 9.69. The normalized spacial score (nSPS) is 14.8. The molecule has 0 saturated heterocycles. The highest BCUT2D eigenvalue weighted by Crippen LogP contribution is 2.34. The molecule has 7 nitrogen and oxygen atoms in total. The fraction of sp³-hybridized carbons (Fsp3) is 0.333. The molecule has 10 heteroatoms. The Labute approximate surface area is 230 Å². The van der Waals surface area contributed by atoms with Gasteiger partial charge in [0.25, 0.3) is 0 Å². The molecule has 1 atom stereocenters. The van der Waals surface area contributed by atoms with Gasteiger partial charge >= 0.3 is 18.4 Å². The highest BCUT2D eigenvalue weighted by atomic mass is 19.4. The van der Waals surface area contributed by atoms with E-state index in [-0.39, 0.29) is 18.8 Å². The van der Waals surface area contributed by atoms with Crippen molar-refractivity contribution in [3.63, 3.8) is 0 Å². The van der Waals surface area contributed by atoms with Gasteiger partial charge in [0, 0.05) is 18.3 Å². The third-order valence-electron chi connectivity index (χ3n) is 7.04. The summed E-state index contributed by atoms with van der Waals surface area (Å²) in [6, 6.07) is 19.0. The molecule has 1 saturated carbocycles. The average molecular weight is 557 g/mol. The van der Waals surface area contributed by atoms with Crippen molar-refractivity contribution in [3.05, 3.63) is 89.5 Å². The highest BCUT2D eigenvalue weighted by Gasteiger charge is 2.31. The largest absolute Gasteiger partial charge is 0.573 e. The molecule has 0 spiro atoms. The molecule has 0 aromatic heterocycles. The Balaban J connectivity index is 1.65. The van der Waals surface area contributed by atoms with Crippen LogP contribution < -0.4 is 20.1 Å². The van der Waals surface area contributed by atoms with Gasteiger partial charge in [0.2, 0.25) is 0 Å². The minimum atomic E-state index is -4.90. The van der Waals surface area contributed by atoms with Gasteiger partial charge in [0.15, 0.2) is 0 Å². The van der Waals surface area contributed by atoms with Gasteiger partial charge in [-0.25, -0.2) is 4.79 Å². The summed E-state index contributed by atoms with van der Waals surface area (Å²) < 4.78 is 47.5. The molecule has 0 aliphatic heterocycles. The Morgan fingerprint density at radius 2 is 1.62 bits per heavy atom. The smallest absolute Gasteiger partial charge is 0.481 e. The van der Waals surface area contributed by atoms with Crippen LogP contribution in [-0.2, 0) is 11.3 Å². The van der Waals surface area contributed by atoms with Crippen molar-refractivity contribution in [1.29, 1.82) is 0 Å². The lowest BCUT2D eigenvalue weighted by Crippen LogP contribution is -2.34. The first kappa shape index (κ1) is 28.9. The van der Waals surface area contributed by atoms with Crippen LogP contribution in [0.25, 0.3) is 0 Å². The van der Waals surface area contributed by atoms with Crippen LogP contribution >= 0.6 is 0 Å². The molecule has 1 aliphatic rings. The number of hydrogen-bond acceptors (Lipinski definition) is 5. The number of aliphatic carboxylic acids is 1. The van der Waals surface area contributed by atoms with Gasteiger partial charge in [-0.3, -0.25) is 9.69 Å². The molecular formula is C30H31F3N2O5. The Morgan fingerprint density at radius 1 is 0.950 bits per heavy atom. The molecular weight excluding hydrogens is 525 g/mol. The number of anilines is 1. The van der Waals surface area contributed by atoms with E-state index in [1.165, 1.54) is 41.9 Å². The highest BCUT2D eigenvalue weighted by molar-refractivity contribution is 5.89. The summed E-state index contributed by atoms with van der Waals surface area (Å²) in [5.41, 5.74) is 8.40. The lowest BCUT2D eigenvalue weighted by atomic mass is 9.84. The minimum Gasteiger partial charge on any atom is -0.481 e. The zero-order chi connectivity index (χ0) is 28.7. The molecule has 1 amide bonds. The summed E-state index contributed by atoms with van der Waals surface area (Å²) in [5.74, 6) is -2.31. The van der Waals surface area contributed by atoms with Crippen LogP contribution in [0.5, 0.6) is 11.5 Å². The van der Waals surface area contributed by atoms with Crippen molar-refractivity contribution in [2.75, 3.05) is 11.4 Å². The van der Waals surface area contributed by atoms with Gasteiger partial charge in [0.1, 0.15) is 11.5 Å². The van der Waals surface area contributed by atoms with E-state index >= 15 is 0 Å². The second kappa shape index (κ2) is 12.9. The lowest BCUT2D eigenvalue weighted by Gasteiger charge is -2.26. The van der Waals surface area contributed by atoms with Gasteiger partial charge in [-0.2, -0.15) is 0 Å². The molecule has 3 aromatic carbocycles. The number of hydrogen-bond donors (Lipinski definition) is 2. The van der Waals surface area contributed by atoms with Gasteiger partial charge in [-0.1, -0.05) is 61.7 Å². The number of halogens is 3. The summed E-state index contributed by atoms with van der Waals surface area (Å²) in [7, 11) is 0. The number of benzene rings is 3. The van der Waals surface area contributed by atoms with Crippen LogP contribution in [0, 0.1) is 0 Å². The number of nitrogens with two attached hydrogens (primary N) is 1. The maximum atomic E-state index is 13.5. The molecule has 1 aliphatic carbocycles. The van der Waals surface area contributed by atoms with Crippen molar-refractivity contribution in [1.82, 2.24) is 0 Å². The van der Waals surface area contributed by atoms with E-state index in [1.54, 1.807) is 36.4 Å². The van der Waals surface area contributed by atoms with E-state index in [2.05, 4.69) is 4.74 Å². The molecule has 4 rings (SSSR count). The summed E-state index contributed by atoms with van der Waals surface area (Å²) >= 11 is 0. The SMILES string of the molecule is NCC(C(=O)O)c1ccccc1CN(C(=O)Oc1cccc(OC(F)(F)F)c1)c1ccc(C2CCCCC2)cc1. The van der Waals surface area contributed by atoms with Crippen LogP contribution in [0.4, 0.5) is 23.7 Å². The van der Waals surface area contributed by atoms with Gasteiger partial charge in [0.05, 0.1) is 12.5 Å². The number of carboxylic acids is 1. The first-order valence-electron chi connectivity index (χ1n) is 13.1. The molecule has 212 valence electrons. The average Bonchev–Trinajstić information content (AvgIpc) is 2.92. The monoisotopic (exact) mass is 556 g/mol. The van der Waals surface area contributed by atoms with Gasteiger partial charge in [-0.05, 0) is 59.7 Å². The van der Waals surface area contributed by atoms with Crippen molar-refractivity contribution < 1.29 is 37.3 Å². The number of amides is 1. The predicted octanol–water partition coefficient (Wildman–Crippen LogP) is 6.97. The van der Waals surface area contributed by atoms with Crippen molar-refractivity contribution in [3.8, 4) is 11.5 Å². The number of rotatable bonds is 9. The zero-order valence-corrected chi connectivity index (χ0v) is 21.8. The number of carboxylic acid groups (broad SMARTS) is 1. The van der Waals surface area contributed by atoms with E-state index in [0.29, 0.717) is 22.7 Å². The van der Waals surface area contributed by atoms with E-state index in [4.69, 9.17) is 10.5 Å². The maximum Gasteiger partial charge on any atom is 0.573 e. The second-order valence-corrected chi connectivity index (χ2v) is 9.73. The molecule has 0 bridgehead atoms. The number of carbonyl (C=O) groups is 2. The predicted molar refractivity (Wildman–Crippen MR) is 143 cm³/mol. The van der Waals surface area contributed by atoms with Crippen LogP contribution in [0.3, 0.4) is 0 Å². The molecule has 3 aromatic rings. The minimum absolute atomic E-state index is 0.0553. The summed E-state index contributed by atoms with van der Waals surface area (Å²) in [6.07, 6.45) is 0.0130. The fourth-order valence-electron chi connectivity index (χ4n) is 5.06. The lowest BCUT2D eigenvalue weighted by molar-refractivity contribution is -0.274. The number of nitrogens with zero attached hydrogens (tertiary/aromatic N) is 1. The Morgan fingerprint density at radius 3 is 2.27 bits per heavy atom. The zero-order valence-electron chi connectivity index (χ0n) is 21.8. The van der Waals surface area contributed by atoms with E-state index in [0.717, 1.165) is 25.0 Å². The van der Waals surface area contributed by atoms with E-state index in [1.807, 2.05) is 12.1 Å². The Hall–Kier alpha value is -4.05. The fourth-order valence-corrected chi connectivity index (χ4v) is 5.06. The Kier molecular flexibility index (Phi) is 9.31. The number of alkyl halides is 3. The molecule has 3 N–H and O–H groups in total. The first-order chi connectivity index (χ1) is 19.1. The van der Waals surface area contributed by atoms with Crippen LogP contribution in [0.2, 0.25) is 0 Å². The number of carbonyl (C=O) groups excluding carboxylic acids is 1. The topological polar surface area (TPSA) is 102 Å². The van der Waals surface area contributed by atoms with E-state index in [9.17, 15) is 27.9 Å². The molecule has 40 heavy (non-hydrogen) atoms. The summed E-state index contributed by atoms with van der Waals surface area (Å²) in [4.78, 5) is 26.7. The van der Waals surface area contributed by atoms with Crippen LogP contribution in [0.15, 0.2) is 72.8 Å². The van der Waals surface area contributed by atoms with Crippen molar-refractivity contribution >= 4 is 17.7 Å². The van der Waals surface area contributed by atoms with Crippen molar-refractivity contribution in [2.24, 2.45) is 5.73 Å². The van der Waals surface area contributed by atoms with Gasteiger partial charge in [-0.15, -0.1) is 13.2 Å². The second-order valence-electron chi connectivity index (χ2n) is 9.73. The van der Waals surface area contributed by atoms with Crippen LogP contribution in [0.1, 0.15) is 60.6 Å². The third kappa shape index (κ3) is 7.53. The van der Waals surface area contributed by atoms with Gasteiger partial charge < -0.3 is 20.3 Å². The molecule has 0 heterocycles. The molecule has 1 unspecified atom stereocenters. The first-order valence-corrected chi connectivity index (χ1v) is 13.1. The molecule has 1 fully saturated rings. The van der Waals surface area contributed by atoms with E-state index < -0.39 is 30.1 Å². The summed E-state index contributed by atoms with van der Waals surface area (Å²) in [6.45, 7) is -0.195. The third-order valence-corrected chi connectivity index (χ3v) is 7.04.